The van der Waals surface area contributed by atoms with Gasteiger partial charge in [0.05, 0.1) is 0 Å². The van der Waals surface area contributed by atoms with Crippen LogP contribution in [0.25, 0.3) is 10.8 Å². The van der Waals surface area contributed by atoms with E-state index in [1.54, 1.807) is 12.1 Å². The maximum absolute atomic E-state index is 11.2. The molecule has 0 atom stereocenters. The molecule has 0 bridgehead atoms. The van der Waals surface area contributed by atoms with Gasteiger partial charge in [0.15, 0.2) is 0 Å². The molecule has 0 saturated heterocycles. The highest BCUT2D eigenvalue weighted by molar-refractivity contribution is 9.10. The molecule has 0 aliphatic rings. The highest BCUT2D eigenvalue weighted by atomic mass is 79.9. The van der Waals surface area contributed by atoms with Crippen LogP contribution in [0.4, 0.5) is 0 Å². The molecule has 0 aliphatic heterocycles. The predicted molar refractivity (Wildman–Crippen MR) is 85.1 cm³/mol. The molecule has 3 aromatic carbocycles. The molecule has 0 unspecified atom stereocenters. The Morgan fingerprint density at radius 2 is 1.71 bits per heavy atom. The van der Waals surface area contributed by atoms with E-state index in [0.717, 1.165) is 15.2 Å². The summed E-state index contributed by atoms with van der Waals surface area (Å²) in [6.45, 7) is 0. The standard InChI is InChI=1S/C17H11BrO3/c18-13-6-8-15(17(19)20)16(10-13)21-14-7-5-11-3-1-2-4-12(11)9-14/h1-10H,(H,19,20). The van der Waals surface area contributed by atoms with E-state index in [4.69, 9.17) is 4.74 Å². The number of hydrogen-bond donors (Lipinski definition) is 1. The van der Waals surface area contributed by atoms with Gasteiger partial charge < -0.3 is 9.84 Å². The van der Waals surface area contributed by atoms with Crippen molar-refractivity contribution in [1.82, 2.24) is 0 Å². The zero-order chi connectivity index (χ0) is 14.8. The molecule has 1 N–H and O–H groups in total. The Labute approximate surface area is 129 Å². The molecule has 3 aromatic rings. The van der Waals surface area contributed by atoms with Gasteiger partial charge in [-0.3, -0.25) is 0 Å². The second-order valence-electron chi connectivity index (χ2n) is 4.56. The summed E-state index contributed by atoms with van der Waals surface area (Å²) >= 11 is 3.33. The number of ether oxygens (including phenoxy) is 1. The van der Waals surface area contributed by atoms with Crippen molar-refractivity contribution >= 4 is 32.7 Å². The summed E-state index contributed by atoms with van der Waals surface area (Å²) in [5.41, 5.74) is 0.131. The third-order valence-corrected chi connectivity index (χ3v) is 3.62. The molecule has 4 heteroatoms. The first-order valence-corrected chi connectivity index (χ1v) is 7.12. The summed E-state index contributed by atoms with van der Waals surface area (Å²) in [5, 5.41) is 11.4. The largest absolute Gasteiger partial charge is 0.478 e. The molecule has 3 rings (SSSR count). The van der Waals surface area contributed by atoms with Crippen molar-refractivity contribution in [1.29, 1.82) is 0 Å². The van der Waals surface area contributed by atoms with Gasteiger partial charge >= 0.3 is 5.97 Å². The number of halogens is 1. The molecule has 0 amide bonds. The number of hydrogen-bond acceptors (Lipinski definition) is 2. The van der Waals surface area contributed by atoms with Gasteiger partial charge in [-0.25, -0.2) is 4.79 Å². The van der Waals surface area contributed by atoms with Crippen molar-refractivity contribution in [2.45, 2.75) is 0 Å². The highest BCUT2D eigenvalue weighted by Gasteiger charge is 2.12. The van der Waals surface area contributed by atoms with Crippen LogP contribution in [-0.4, -0.2) is 11.1 Å². The zero-order valence-corrected chi connectivity index (χ0v) is 12.5. The predicted octanol–water partition coefficient (Wildman–Crippen LogP) is 5.09. The Morgan fingerprint density at radius 3 is 2.48 bits per heavy atom. The molecular weight excluding hydrogens is 332 g/mol. The van der Waals surface area contributed by atoms with E-state index in [1.165, 1.54) is 6.07 Å². The number of carboxylic acid groups (broad SMARTS) is 1. The average molecular weight is 343 g/mol. The second kappa shape index (κ2) is 5.58. The lowest BCUT2D eigenvalue weighted by molar-refractivity contribution is 0.0694. The summed E-state index contributed by atoms with van der Waals surface area (Å²) < 4.78 is 6.52. The summed E-state index contributed by atoms with van der Waals surface area (Å²) in [6.07, 6.45) is 0. The lowest BCUT2D eigenvalue weighted by atomic mass is 10.1. The number of aromatic carboxylic acids is 1. The number of rotatable bonds is 3. The van der Waals surface area contributed by atoms with Crippen LogP contribution >= 0.6 is 15.9 Å². The van der Waals surface area contributed by atoms with Crippen LogP contribution in [0.1, 0.15) is 10.4 Å². The van der Waals surface area contributed by atoms with Crippen molar-refractivity contribution in [3.05, 3.63) is 70.7 Å². The molecule has 104 valence electrons. The lowest BCUT2D eigenvalue weighted by Crippen LogP contribution is -1.99. The van der Waals surface area contributed by atoms with E-state index in [0.29, 0.717) is 11.5 Å². The number of carboxylic acids is 1. The fourth-order valence-electron chi connectivity index (χ4n) is 2.12. The zero-order valence-electron chi connectivity index (χ0n) is 10.9. The smallest absolute Gasteiger partial charge is 0.339 e. The van der Waals surface area contributed by atoms with Gasteiger partial charge in [-0.15, -0.1) is 0 Å². The van der Waals surface area contributed by atoms with Crippen LogP contribution in [0.2, 0.25) is 0 Å². The van der Waals surface area contributed by atoms with E-state index >= 15 is 0 Å². The van der Waals surface area contributed by atoms with E-state index in [-0.39, 0.29) is 5.56 Å². The highest BCUT2D eigenvalue weighted by Crippen LogP contribution is 2.30. The third kappa shape index (κ3) is 2.90. The quantitative estimate of drug-likeness (QED) is 0.720. The normalized spacial score (nSPS) is 10.5. The molecule has 0 spiro atoms. The van der Waals surface area contributed by atoms with Crippen molar-refractivity contribution in [2.75, 3.05) is 0 Å². The monoisotopic (exact) mass is 342 g/mol. The SMILES string of the molecule is O=C(O)c1ccc(Br)cc1Oc1ccc2ccccc2c1. The third-order valence-electron chi connectivity index (χ3n) is 3.12. The van der Waals surface area contributed by atoms with Crippen LogP contribution in [0.15, 0.2) is 65.1 Å². The molecule has 0 heterocycles. The minimum atomic E-state index is -1.02. The fourth-order valence-corrected chi connectivity index (χ4v) is 2.46. The van der Waals surface area contributed by atoms with Crippen LogP contribution in [0.3, 0.4) is 0 Å². The molecule has 0 radical (unpaired) electrons. The molecule has 0 aliphatic carbocycles. The number of benzene rings is 3. The van der Waals surface area contributed by atoms with Crippen molar-refractivity contribution in [3.8, 4) is 11.5 Å². The van der Waals surface area contributed by atoms with Crippen LogP contribution in [0, 0.1) is 0 Å². The summed E-state index contributed by atoms with van der Waals surface area (Å²) in [7, 11) is 0. The van der Waals surface area contributed by atoms with Crippen molar-refractivity contribution < 1.29 is 14.6 Å². The topological polar surface area (TPSA) is 46.5 Å². The van der Waals surface area contributed by atoms with E-state index in [1.807, 2.05) is 42.5 Å². The van der Waals surface area contributed by atoms with Gasteiger partial charge in [0.1, 0.15) is 17.1 Å². The summed E-state index contributed by atoms with van der Waals surface area (Å²) in [6, 6.07) is 18.4. The molecule has 3 nitrogen and oxygen atoms in total. The first-order chi connectivity index (χ1) is 10.1. The maximum Gasteiger partial charge on any atom is 0.339 e. The lowest BCUT2D eigenvalue weighted by Gasteiger charge is -2.10. The minimum Gasteiger partial charge on any atom is -0.478 e. The Balaban J connectivity index is 2.02. The summed E-state index contributed by atoms with van der Waals surface area (Å²) in [5.74, 6) is -0.0975. The second-order valence-corrected chi connectivity index (χ2v) is 5.47. The Bertz CT molecular complexity index is 827. The number of carbonyl (C=O) groups is 1. The van der Waals surface area contributed by atoms with E-state index < -0.39 is 5.97 Å². The average Bonchev–Trinajstić information content (AvgIpc) is 2.47. The van der Waals surface area contributed by atoms with Gasteiger partial charge in [0.25, 0.3) is 0 Å². The molecular formula is C17H11BrO3. The van der Waals surface area contributed by atoms with Gasteiger partial charge in [-0.1, -0.05) is 46.3 Å². The fraction of sp³-hybridized carbons (Fsp3) is 0. The molecule has 0 saturated carbocycles. The molecule has 0 aromatic heterocycles. The Kier molecular flexibility index (Phi) is 3.62. The van der Waals surface area contributed by atoms with Crippen molar-refractivity contribution in [2.24, 2.45) is 0 Å². The van der Waals surface area contributed by atoms with Crippen LogP contribution in [0.5, 0.6) is 11.5 Å². The van der Waals surface area contributed by atoms with Gasteiger partial charge in [0.2, 0.25) is 0 Å². The minimum absolute atomic E-state index is 0.131. The van der Waals surface area contributed by atoms with Gasteiger partial charge in [-0.2, -0.15) is 0 Å². The Hall–Kier alpha value is -2.33. The van der Waals surface area contributed by atoms with E-state index in [2.05, 4.69) is 15.9 Å². The number of fused-ring (bicyclic) bond motifs is 1. The van der Waals surface area contributed by atoms with Crippen LogP contribution < -0.4 is 4.74 Å². The van der Waals surface area contributed by atoms with Gasteiger partial charge in [0, 0.05) is 4.47 Å². The summed E-state index contributed by atoms with van der Waals surface area (Å²) in [4.78, 5) is 11.2. The van der Waals surface area contributed by atoms with Gasteiger partial charge in [-0.05, 0) is 41.1 Å². The Morgan fingerprint density at radius 1 is 0.952 bits per heavy atom. The van der Waals surface area contributed by atoms with Crippen molar-refractivity contribution in [3.63, 3.8) is 0 Å². The first-order valence-electron chi connectivity index (χ1n) is 6.33. The van der Waals surface area contributed by atoms with E-state index in [9.17, 15) is 9.90 Å². The molecule has 0 fully saturated rings. The maximum atomic E-state index is 11.2. The first kappa shape index (κ1) is 13.6. The van der Waals surface area contributed by atoms with Crippen LogP contribution in [-0.2, 0) is 0 Å². The molecule has 21 heavy (non-hydrogen) atoms.